The lowest BCUT2D eigenvalue weighted by atomic mass is 10.0. The monoisotopic (exact) mass is 330 g/mol. The molecule has 0 aliphatic carbocycles. The van der Waals surface area contributed by atoms with Crippen molar-refractivity contribution in [1.29, 1.82) is 0 Å². The van der Waals surface area contributed by atoms with Gasteiger partial charge in [-0.05, 0) is 17.9 Å². The van der Waals surface area contributed by atoms with Crippen molar-refractivity contribution >= 4 is 18.3 Å². The summed E-state index contributed by atoms with van der Waals surface area (Å²) in [6.07, 6.45) is 0. The third-order valence-corrected chi connectivity index (χ3v) is 4.38. The van der Waals surface area contributed by atoms with Gasteiger partial charge >= 0.3 is 0 Å². The molecule has 0 radical (unpaired) electrons. The van der Waals surface area contributed by atoms with E-state index in [1.165, 1.54) is 26.4 Å². The average molecular weight is 331 g/mol. The first-order valence-corrected chi connectivity index (χ1v) is 7.05. The first-order valence-electron chi connectivity index (χ1n) is 7.05. The number of nitrogens with zero attached hydrogens (tertiary/aromatic N) is 1. The Hall–Kier alpha value is -1.53. The number of benzene rings is 1. The Morgan fingerprint density at radius 1 is 1.18 bits per heavy atom. The minimum atomic E-state index is -0.576. The van der Waals surface area contributed by atoms with Crippen LogP contribution in [-0.4, -0.2) is 51.2 Å². The van der Waals surface area contributed by atoms with Crippen LogP contribution in [0.4, 0.5) is 4.39 Å². The van der Waals surface area contributed by atoms with Crippen LogP contribution in [0.1, 0.15) is 10.4 Å². The molecule has 2 atom stereocenters. The molecule has 0 unspecified atom stereocenters. The van der Waals surface area contributed by atoms with Gasteiger partial charge in [-0.2, -0.15) is 0 Å². The van der Waals surface area contributed by atoms with Crippen molar-refractivity contribution in [2.45, 2.75) is 0 Å². The van der Waals surface area contributed by atoms with Crippen molar-refractivity contribution in [3.8, 4) is 11.5 Å². The van der Waals surface area contributed by atoms with Crippen LogP contribution in [0.3, 0.4) is 0 Å². The molecule has 2 heterocycles. The van der Waals surface area contributed by atoms with Gasteiger partial charge in [0, 0.05) is 32.2 Å². The summed E-state index contributed by atoms with van der Waals surface area (Å²) in [5.41, 5.74) is 0.0422. The van der Waals surface area contributed by atoms with E-state index in [0.29, 0.717) is 30.7 Å². The number of nitrogens with one attached hydrogen (secondary N) is 1. The zero-order valence-electron chi connectivity index (χ0n) is 12.6. The molecular weight excluding hydrogens is 311 g/mol. The number of fused-ring (bicyclic) bond motifs is 1. The second-order valence-electron chi connectivity index (χ2n) is 5.58. The summed E-state index contributed by atoms with van der Waals surface area (Å²) in [4.78, 5) is 14.3. The van der Waals surface area contributed by atoms with Gasteiger partial charge < -0.3 is 19.7 Å². The molecular formula is C15H20ClFN2O3. The van der Waals surface area contributed by atoms with Crippen molar-refractivity contribution in [3.63, 3.8) is 0 Å². The minimum absolute atomic E-state index is 0. The molecule has 1 N–H and O–H groups in total. The molecule has 2 saturated heterocycles. The van der Waals surface area contributed by atoms with E-state index in [0.717, 1.165) is 13.1 Å². The van der Waals surface area contributed by atoms with E-state index in [-0.39, 0.29) is 29.6 Å². The fourth-order valence-corrected chi connectivity index (χ4v) is 3.21. The highest BCUT2D eigenvalue weighted by Crippen LogP contribution is 2.32. The fraction of sp³-hybridized carbons (Fsp3) is 0.533. The van der Waals surface area contributed by atoms with Gasteiger partial charge in [0.25, 0.3) is 5.91 Å². The average Bonchev–Trinajstić information content (AvgIpc) is 3.07. The van der Waals surface area contributed by atoms with Gasteiger partial charge in [-0.15, -0.1) is 12.4 Å². The molecule has 7 heteroatoms. The van der Waals surface area contributed by atoms with Gasteiger partial charge in [0.1, 0.15) is 5.82 Å². The van der Waals surface area contributed by atoms with E-state index in [4.69, 9.17) is 9.47 Å². The molecule has 1 aromatic carbocycles. The summed E-state index contributed by atoms with van der Waals surface area (Å²) in [6.45, 7) is 3.24. The van der Waals surface area contributed by atoms with Crippen LogP contribution < -0.4 is 14.8 Å². The molecule has 122 valence electrons. The molecule has 2 aliphatic heterocycles. The molecule has 0 aromatic heterocycles. The second kappa shape index (κ2) is 6.71. The maximum atomic E-state index is 14.2. The number of likely N-dealkylation sites (tertiary alicyclic amines) is 1. The van der Waals surface area contributed by atoms with E-state index < -0.39 is 5.82 Å². The Labute approximate surface area is 135 Å². The lowest BCUT2D eigenvalue weighted by Crippen LogP contribution is -2.32. The predicted molar refractivity (Wildman–Crippen MR) is 82.5 cm³/mol. The highest BCUT2D eigenvalue weighted by molar-refractivity contribution is 5.95. The van der Waals surface area contributed by atoms with Crippen LogP contribution >= 0.6 is 12.4 Å². The van der Waals surface area contributed by atoms with Crippen molar-refractivity contribution in [2.75, 3.05) is 40.4 Å². The van der Waals surface area contributed by atoms with Crippen LogP contribution in [-0.2, 0) is 0 Å². The largest absolute Gasteiger partial charge is 0.493 e. The number of hydrogen-bond donors (Lipinski definition) is 1. The molecule has 1 amide bonds. The standard InChI is InChI=1S/C15H19FN2O3.ClH/c1-20-13-3-11(12(16)4-14(13)21-2)15(19)18-7-9-5-17-6-10(9)8-18;/h3-4,9-10,17H,5-8H2,1-2H3;1H/t9-,10+;. The Balaban J connectivity index is 0.00000176. The summed E-state index contributed by atoms with van der Waals surface area (Å²) in [5.74, 6) is 0.766. The highest BCUT2D eigenvalue weighted by Gasteiger charge is 2.38. The maximum Gasteiger partial charge on any atom is 0.256 e. The van der Waals surface area contributed by atoms with Gasteiger partial charge in [-0.25, -0.2) is 4.39 Å². The summed E-state index contributed by atoms with van der Waals surface area (Å²) in [6, 6.07) is 2.62. The number of halogens is 2. The van der Waals surface area contributed by atoms with Crippen LogP contribution in [0.25, 0.3) is 0 Å². The van der Waals surface area contributed by atoms with Crippen LogP contribution in [0, 0.1) is 17.7 Å². The zero-order chi connectivity index (χ0) is 15.0. The number of rotatable bonds is 3. The quantitative estimate of drug-likeness (QED) is 0.913. The van der Waals surface area contributed by atoms with Crippen molar-refractivity contribution in [2.24, 2.45) is 11.8 Å². The van der Waals surface area contributed by atoms with Crippen molar-refractivity contribution in [1.82, 2.24) is 10.2 Å². The third-order valence-electron chi connectivity index (χ3n) is 4.38. The van der Waals surface area contributed by atoms with Crippen LogP contribution in [0.5, 0.6) is 11.5 Å². The number of hydrogen-bond acceptors (Lipinski definition) is 4. The summed E-state index contributed by atoms with van der Waals surface area (Å²) >= 11 is 0. The maximum absolute atomic E-state index is 14.2. The lowest BCUT2D eigenvalue weighted by Gasteiger charge is -2.19. The van der Waals surface area contributed by atoms with E-state index in [9.17, 15) is 9.18 Å². The SMILES string of the molecule is COc1cc(F)c(C(=O)N2C[C@H]3CNC[C@H]3C2)cc1OC.Cl. The molecule has 0 bridgehead atoms. The Morgan fingerprint density at radius 3 is 2.27 bits per heavy atom. The van der Waals surface area contributed by atoms with Gasteiger partial charge in [-0.1, -0.05) is 0 Å². The number of carbonyl (C=O) groups excluding carboxylic acids is 1. The van der Waals surface area contributed by atoms with Gasteiger partial charge in [0.05, 0.1) is 19.8 Å². The molecule has 5 nitrogen and oxygen atoms in total. The number of methoxy groups -OCH3 is 2. The lowest BCUT2D eigenvalue weighted by molar-refractivity contribution is 0.0776. The first-order chi connectivity index (χ1) is 10.1. The first kappa shape index (κ1) is 16.8. The molecule has 3 rings (SSSR count). The highest BCUT2D eigenvalue weighted by atomic mass is 35.5. The predicted octanol–water partition coefficient (Wildman–Crippen LogP) is 1.56. The van der Waals surface area contributed by atoms with E-state index in [1.54, 1.807) is 4.90 Å². The number of carbonyl (C=O) groups is 1. The van der Waals surface area contributed by atoms with Crippen LogP contribution in [0.15, 0.2) is 12.1 Å². The fourth-order valence-electron chi connectivity index (χ4n) is 3.21. The summed E-state index contributed by atoms with van der Waals surface area (Å²) < 4.78 is 24.3. The molecule has 2 fully saturated rings. The molecule has 22 heavy (non-hydrogen) atoms. The summed E-state index contributed by atoms with van der Waals surface area (Å²) in [7, 11) is 2.91. The molecule has 0 saturated carbocycles. The van der Waals surface area contributed by atoms with Crippen LogP contribution in [0.2, 0.25) is 0 Å². The second-order valence-corrected chi connectivity index (χ2v) is 5.58. The van der Waals surface area contributed by atoms with Crippen molar-refractivity contribution in [3.05, 3.63) is 23.5 Å². The summed E-state index contributed by atoms with van der Waals surface area (Å²) in [5, 5.41) is 3.32. The Bertz CT molecular complexity index is 558. The van der Waals surface area contributed by atoms with Gasteiger partial charge in [0.2, 0.25) is 0 Å². The Morgan fingerprint density at radius 2 is 1.73 bits per heavy atom. The zero-order valence-corrected chi connectivity index (χ0v) is 13.4. The molecule has 0 spiro atoms. The molecule has 2 aliphatic rings. The topological polar surface area (TPSA) is 50.8 Å². The van der Waals surface area contributed by atoms with Gasteiger partial charge in [-0.3, -0.25) is 4.79 Å². The minimum Gasteiger partial charge on any atom is -0.493 e. The van der Waals surface area contributed by atoms with Crippen molar-refractivity contribution < 1.29 is 18.7 Å². The van der Waals surface area contributed by atoms with E-state index in [1.807, 2.05) is 0 Å². The smallest absolute Gasteiger partial charge is 0.256 e. The van der Waals surface area contributed by atoms with E-state index >= 15 is 0 Å². The normalized spacial score (nSPS) is 23.0. The number of amides is 1. The van der Waals surface area contributed by atoms with Gasteiger partial charge in [0.15, 0.2) is 11.5 Å². The Kier molecular flexibility index (Phi) is 5.13. The number of ether oxygens (including phenoxy) is 2. The van der Waals surface area contributed by atoms with E-state index in [2.05, 4.69) is 5.32 Å². The molecule has 1 aromatic rings. The third kappa shape index (κ3) is 2.85.